The molecule has 0 amide bonds. The van der Waals surface area contributed by atoms with Gasteiger partial charge in [0.05, 0.1) is 12.0 Å². The summed E-state index contributed by atoms with van der Waals surface area (Å²) in [5.74, 6) is 0.0569. The van der Waals surface area contributed by atoms with Crippen LogP contribution in [0.1, 0.15) is 41.3 Å². The number of rotatable bonds is 2. The number of ether oxygens (including phenoxy) is 1. The third-order valence-electron chi connectivity index (χ3n) is 3.63. The summed E-state index contributed by atoms with van der Waals surface area (Å²) < 4.78 is 4.88. The molecule has 1 aliphatic rings. The smallest absolute Gasteiger partial charge is 0.374 e. The molecule has 0 aromatic carbocycles. The number of fused-ring (bicyclic) bond motifs is 3. The van der Waals surface area contributed by atoms with E-state index in [1.165, 1.54) is 16.2 Å². The van der Waals surface area contributed by atoms with Crippen LogP contribution in [0.25, 0.3) is 10.2 Å². The molecular formula is C14H16N2O3S. The van der Waals surface area contributed by atoms with Crippen molar-refractivity contribution in [3.8, 4) is 0 Å². The van der Waals surface area contributed by atoms with Crippen LogP contribution in [0.5, 0.6) is 0 Å². The van der Waals surface area contributed by atoms with Gasteiger partial charge in [0.25, 0.3) is 5.56 Å². The number of nitrogens with zero attached hydrogens (tertiary/aromatic N) is 1. The Hall–Kier alpha value is -1.69. The van der Waals surface area contributed by atoms with Crippen molar-refractivity contribution >= 4 is 27.5 Å². The summed E-state index contributed by atoms with van der Waals surface area (Å²) in [6, 6.07) is 0. The van der Waals surface area contributed by atoms with E-state index in [-0.39, 0.29) is 18.0 Å². The molecule has 0 aliphatic heterocycles. The zero-order valence-corrected chi connectivity index (χ0v) is 12.3. The third-order valence-corrected chi connectivity index (χ3v) is 4.78. The van der Waals surface area contributed by atoms with E-state index >= 15 is 0 Å². The minimum Gasteiger partial charge on any atom is -0.460 e. The van der Waals surface area contributed by atoms with Gasteiger partial charge in [0.1, 0.15) is 4.83 Å². The molecule has 6 heteroatoms. The second-order valence-corrected chi connectivity index (χ2v) is 6.25. The molecule has 2 aromatic rings. The summed E-state index contributed by atoms with van der Waals surface area (Å²) in [6.45, 7) is 4.20. The van der Waals surface area contributed by atoms with Gasteiger partial charge in [0.15, 0.2) is 0 Å². The van der Waals surface area contributed by atoms with Gasteiger partial charge in [-0.25, -0.2) is 9.78 Å². The molecule has 2 aromatic heterocycles. The molecule has 1 atom stereocenters. The fraction of sp³-hybridized carbons (Fsp3) is 0.500. The lowest BCUT2D eigenvalue weighted by Gasteiger charge is -2.17. The number of carbonyl (C=O) groups excluding carboxylic acids is 1. The van der Waals surface area contributed by atoms with Gasteiger partial charge in [-0.2, -0.15) is 0 Å². The van der Waals surface area contributed by atoms with Crippen LogP contribution < -0.4 is 5.56 Å². The Labute approximate surface area is 120 Å². The number of esters is 1. The van der Waals surface area contributed by atoms with E-state index in [2.05, 4.69) is 16.9 Å². The lowest BCUT2D eigenvalue weighted by molar-refractivity contribution is 0.0512. The molecular weight excluding hydrogens is 276 g/mol. The third kappa shape index (κ3) is 2.14. The molecule has 2 heterocycles. The Morgan fingerprint density at radius 3 is 3.10 bits per heavy atom. The van der Waals surface area contributed by atoms with Gasteiger partial charge in [0.2, 0.25) is 5.82 Å². The van der Waals surface area contributed by atoms with E-state index in [9.17, 15) is 9.59 Å². The Balaban J connectivity index is 2.14. The molecule has 5 nitrogen and oxygen atoms in total. The van der Waals surface area contributed by atoms with Crippen LogP contribution in [0.15, 0.2) is 4.79 Å². The monoisotopic (exact) mass is 292 g/mol. The number of hydrogen-bond acceptors (Lipinski definition) is 5. The highest BCUT2D eigenvalue weighted by atomic mass is 32.1. The van der Waals surface area contributed by atoms with Crippen LogP contribution >= 0.6 is 11.3 Å². The lowest BCUT2D eigenvalue weighted by atomic mass is 9.89. The predicted octanol–water partition coefficient (Wildman–Crippen LogP) is 2.29. The van der Waals surface area contributed by atoms with E-state index in [1.807, 2.05) is 0 Å². The second kappa shape index (κ2) is 5.01. The first-order valence-electron chi connectivity index (χ1n) is 6.81. The van der Waals surface area contributed by atoms with Crippen LogP contribution in [-0.2, 0) is 17.6 Å². The number of H-pyrrole nitrogens is 1. The first-order valence-corrected chi connectivity index (χ1v) is 7.63. The maximum atomic E-state index is 12.2. The predicted molar refractivity (Wildman–Crippen MR) is 77.4 cm³/mol. The van der Waals surface area contributed by atoms with Gasteiger partial charge in [-0.3, -0.25) is 4.79 Å². The van der Waals surface area contributed by atoms with Crippen LogP contribution in [-0.4, -0.2) is 22.5 Å². The number of aromatic amines is 1. The first-order chi connectivity index (χ1) is 9.60. The lowest BCUT2D eigenvalue weighted by Crippen LogP contribution is -2.18. The topological polar surface area (TPSA) is 72.0 Å². The maximum Gasteiger partial charge on any atom is 0.374 e. The summed E-state index contributed by atoms with van der Waals surface area (Å²) in [6.07, 6.45) is 3.00. The molecule has 0 saturated carbocycles. The van der Waals surface area contributed by atoms with Crippen molar-refractivity contribution in [2.24, 2.45) is 5.92 Å². The van der Waals surface area contributed by atoms with E-state index in [0.717, 1.165) is 24.8 Å². The van der Waals surface area contributed by atoms with Crippen molar-refractivity contribution in [2.75, 3.05) is 6.61 Å². The maximum absolute atomic E-state index is 12.2. The molecule has 0 radical (unpaired) electrons. The molecule has 3 rings (SSSR count). The summed E-state index contributed by atoms with van der Waals surface area (Å²) in [5, 5.41) is 0.657. The Morgan fingerprint density at radius 2 is 2.35 bits per heavy atom. The number of nitrogens with one attached hydrogen (secondary N) is 1. The van der Waals surface area contributed by atoms with Gasteiger partial charge in [-0.05, 0) is 37.7 Å². The van der Waals surface area contributed by atoms with Gasteiger partial charge in [0, 0.05) is 4.88 Å². The minimum atomic E-state index is -0.578. The highest BCUT2D eigenvalue weighted by Gasteiger charge is 2.24. The van der Waals surface area contributed by atoms with E-state index in [4.69, 9.17) is 4.74 Å². The Kier molecular flexibility index (Phi) is 3.33. The molecule has 0 unspecified atom stereocenters. The zero-order valence-electron chi connectivity index (χ0n) is 11.5. The number of aromatic nitrogens is 2. The van der Waals surface area contributed by atoms with Gasteiger partial charge < -0.3 is 9.72 Å². The van der Waals surface area contributed by atoms with Crippen LogP contribution in [0.4, 0.5) is 0 Å². The summed E-state index contributed by atoms with van der Waals surface area (Å²) >= 11 is 1.53. The number of aryl methyl sites for hydroxylation is 1. The van der Waals surface area contributed by atoms with Crippen LogP contribution in [0.3, 0.4) is 0 Å². The molecule has 0 spiro atoms. The molecule has 0 fully saturated rings. The first kappa shape index (κ1) is 13.3. The van der Waals surface area contributed by atoms with Gasteiger partial charge >= 0.3 is 5.97 Å². The fourth-order valence-corrected chi connectivity index (χ4v) is 4.03. The average Bonchev–Trinajstić information content (AvgIpc) is 2.76. The van der Waals surface area contributed by atoms with Crippen molar-refractivity contribution in [3.05, 3.63) is 26.6 Å². The molecule has 20 heavy (non-hydrogen) atoms. The fourth-order valence-electron chi connectivity index (χ4n) is 2.64. The molecule has 1 aliphatic carbocycles. The minimum absolute atomic E-state index is 0.00371. The summed E-state index contributed by atoms with van der Waals surface area (Å²) in [5.41, 5.74) is 0.886. The quantitative estimate of drug-likeness (QED) is 0.862. The summed E-state index contributed by atoms with van der Waals surface area (Å²) in [4.78, 5) is 32.6. The normalized spacial score (nSPS) is 18.0. The van der Waals surface area contributed by atoms with E-state index in [0.29, 0.717) is 16.1 Å². The molecule has 106 valence electrons. The van der Waals surface area contributed by atoms with Crippen LogP contribution in [0.2, 0.25) is 0 Å². The SMILES string of the molecule is CCOC(=O)c1nc2sc3c(c2c(=O)[nH]1)CC[C@@H](C)C3. The molecule has 1 N–H and O–H groups in total. The largest absolute Gasteiger partial charge is 0.460 e. The number of hydrogen-bond donors (Lipinski definition) is 1. The standard InChI is InChI=1S/C14H16N2O3S/c1-3-19-14(18)11-15-12(17)10-8-5-4-7(2)6-9(8)20-13(10)16-11/h7H,3-6H2,1-2H3,(H,15,16,17)/t7-/m1/s1. The average molecular weight is 292 g/mol. The van der Waals surface area contributed by atoms with Gasteiger partial charge in [-0.1, -0.05) is 6.92 Å². The number of thiophene rings is 1. The molecule has 0 bridgehead atoms. The highest BCUT2D eigenvalue weighted by Crippen LogP contribution is 2.35. The van der Waals surface area contributed by atoms with E-state index in [1.54, 1.807) is 6.92 Å². The van der Waals surface area contributed by atoms with Crippen molar-refractivity contribution in [1.29, 1.82) is 0 Å². The summed E-state index contributed by atoms with van der Waals surface area (Å²) in [7, 11) is 0. The Morgan fingerprint density at radius 1 is 1.55 bits per heavy atom. The van der Waals surface area contributed by atoms with Gasteiger partial charge in [-0.15, -0.1) is 11.3 Å². The second-order valence-electron chi connectivity index (χ2n) is 5.17. The van der Waals surface area contributed by atoms with Crippen LogP contribution in [0, 0.1) is 5.92 Å². The molecule has 0 saturated heterocycles. The van der Waals surface area contributed by atoms with Crippen molar-refractivity contribution in [1.82, 2.24) is 9.97 Å². The highest BCUT2D eigenvalue weighted by molar-refractivity contribution is 7.18. The van der Waals surface area contributed by atoms with Crippen molar-refractivity contribution in [2.45, 2.75) is 33.1 Å². The zero-order chi connectivity index (χ0) is 14.3. The van der Waals surface area contributed by atoms with Crippen molar-refractivity contribution in [3.63, 3.8) is 0 Å². The van der Waals surface area contributed by atoms with Crippen molar-refractivity contribution < 1.29 is 9.53 Å². The Bertz CT molecular complexity index is 732. The number of carbonyl (C=O) groups is 1. The van der Waals surface area contributed by atoms with E-state index < -0.39 is 5.97 Å².